The van der Waals surface area contributed by atoms with Crippen LogP contribution in [0.4, 0.5) is 0 Å². The zero-order chi connectivity index (χ0) is 17.6. The Morgan fingerprint density at radius 1 is 0.960 bits per heavy atom. The van der Waals surface area contributed by atoms with Gasteiger partial charge in [0.2, 0.25) is 0 Å². The van der Waals surface area contributed by atoms with Crippen molar-refractivity contribution in [1.29, 1.82) is 0 Å². The Morgan fingerprint density at radius 2 is 1.60 bits per heavy atom. The second kappa shape index (κ2) is 8.61. The van der Waals surface area contributed by atoms with E-state index in [0.29, 0.717) is 13.2 Å². The molecule has 1 unspecified atom stereocenters. The summed E-state index contributed by atoms with van der Waals surface area (Å²) in [5.41, 5.74) is 2.46. The zero-order valence-corrected chi connectivity index (χ0v) is 15.7. The summed E-state index contributed by atoms with van der Waals surface area (Å²) in [4.78, 5) is 3.29. The predicted molar refractivity (Wildman–Crippen MR) is 101 cm³/mol. The third-order valence-corrected chi connectivity index (χ3v) is 5.15. The molecule has 1 aliphatic rings. The first-order valence-electron chi connectivity index (χ1n) is 8.69. The maximum atomic E-state index is 11.5. The molecule has 2 aromatic carbocycles. The molecule has 1 aliphatic heterocycles. The van der Waals surface area contributed by atoms with E-state index in [1.807, 2.05) is 18.2 Å². The highest BCUT2D eigenvalue weighted by molar-refractivity contribution is 7.90. The summed E-state index contributed by atoms with van der Waals surface area (Å²) in [5, 5.41) is 0. The molecule has 0 spiro atoms. The van der Waals surface area contributed by atoms with Gasteiger partial charge in [-0.1, -0.05) is 25.1 Å². The largest absolute Gasteiger partial charge is 0.612 e. The molecule has 0 aromatic heterocycles. The molecule has 0 aliphatic carbocycles. The minimum absolute atomic E-state index is 0.611. The number of rotatable bonds is 7. The predicted octanol–water partition coefficient (Wildman–Crippen LogP) is 3.61. The molecular weight excluding hydrogens is 334 g/mol. The van der Waals surface area contributed by atoms with Gasteiger partial charge >= 0.3 is 0 Å². The van der Waals surface area contributed by atoms with E-state index < -0.39 is 11.2 Å². The third-order valence-electron chi connectivity index (χ3n) is 4.21. The van der Waals surface area contributed by atoms with Crippen molar-refractivity contribution in [1.82, 2.24) is 4.90 Å². The summed E-state index contributed by atoms with van der Waals surface area (Å²) in [5.74, 6) is 1.68. The Morgan fingerprint density at radius 3 is 2.28 bits per heavy atom. The van der Waals surface area contributed by atoms with Crippen LogP contribution in [0, 0.1) is 0 Å². The van der Waals surface area contributed by atoms with Gasteiger partial charge in [-0.3, -0.25) is 4.90 Å². The van der Waals surface area contributed by atoms with Crippen LogP contribution in [0.15, 0.2) is 47.4 Å². The Kier molecular flexibility index (Phi) is 6.24. The van der Waals surface area contributed by atoms with Crippen LogP contribution in [0.1, 0.15) is 24.5 Å². The molecule has 2 aromatic rings. The minimum atomic E-state index is -0.926. The topological polar surface area (TPSA) is 44.8 Å². The van der Waals surface area contributed by atoms with Crippen molar-refractivity contribution in [2.24, 2.45) is 0 Å². The average molecular weight is 359 g/mol. The second-order valence-corrected chi connectivity index (χ2v) is 7.67. The fraction of sp³-hybridized carbons (Fsp3) is 0.400. The lowest BCUT2D eigenvalue weighted by molar-refractivity contribution is 0.171. The van der Waals surface area contributed by atoms with Crippen LogP contribution < -0.4 is 9.47 Å². The van der Waals surface area contributed by atoms with Crippen LogP contribution in [-0.2, 0) is 24.3 Å². The summed E-state index contributed by atoms with van der Waals surface area (Å²) in [6.07, 6.45) is 2.81. The Bertz CT molecular complexity index is 688. The molecule has 25 heavy (non-hydrogen) atoms. The summed E-state index contributed by atoms with van der Waals surface area (Å²) < 4.78 is 22.8. The molecule has 0 bridgehead atoms. The van der Waals surface area contributed by atoms with Gasteiger partial charge in [0, 0.05) is 13.1 Å². The molecule has 0 saturated carbocycles. The average Bonchev–Trinajstić information content (AvgIpc) is 2.62. The molecular formula is C20H25NO3S. The lowest BCUT2D eigenvalue weighted by atomic mass is 10.1. The van der Waals surface area contributed by atoms with Gasteiger partial charge in [0.05, 0.1) is 0 Å². The van der Waals surface area contributed by atoms with Gasteiger partial charge in [0.15, 0.2) is 16.4 Å². The standard InChI is InChI=1S/C20H25NO3S/c1-3-10-21(14-16-4-7-18(8-5-16)25(2)22)15-17-6-9-19-20(13-17)24-12-11-23-19/h4-9,13H,3,10-12,14-15H2,1-2H3. The Balaban J connectivity index is 1.68. The molecule has 1 atom stereocenters. The zero-order valence-electron chi connectivity index (χ0n) is 14.9. The summed E-state index contributed by atoms with van der Waals surface area (Å²) in [6, 6.07) is 14.3. The summed E-state index contributed by atoms with van der Waals surface area (Å²) in [6.45, 7) is 6.19. The molecule has 5 heteroatoms. The molecule has 0 radical (unpaired) electrons. The fourth-order valence-corrected chi connectivity index (χ4v) is 3.54. The van der Waals surface area contributed by atoms with E-state index in [2.05, 4.69) is 36.1 Å². The van der Waals surface area contributed by atoms with Gasteiger partial charge in [0.25, 0.3) is 0 Å². The van der Waals surface area contributed by atoms with Crippen LogP contribution in [0.2, 0.25) is 0 Å². The Hall–Kier alpha value is -1.69. The van der Waals surface area contributed by atoms with E-state index in [1.165, 1.54) is 11.1 Å². The lowest BCUT2D eigenvalue weighted by Gasteiger charge is -2.24. The lowest BCUT2D eigenvalue weighted by Crippen LogP contribution is -2.24. The van der Waals surface area contributed by atoms with Gasteiger partial charge in [-0.05, 0) is 59.5 Å². The molecule has 3 rings (SSSR count). The van der Waals surface area contributed by atoms with E-state index in [-0.39, 0.29) is 0 Å². The van der Waals surface area contributed by atoms with E-state index >= 15 is 0 Å². The van der Waals surface area contributed by atoms with E-state index in [0.717, 1.165) is 42.4 Å². The van der Waals surface area contributed by atoms with Crippen LogP contribution in [0.3, 0.4) is 0 Å². The quantitative estimate of drug-likeness (QED) is 0.709. The highest BCUT2D eigenvalue weighted by Gasteiger charge is 2.14. The molecule has 4 nitrogen and oxygen atoms in total. The maximum Gasteiger partial charge on any atom is 0.161 e. The minimum Gasteiger partial charge on any atom is -0.612 e. The Labute approximate surface area is 152 Å². The second-order valence-electron chi connectivity index (χ2n) is 6.29. The van der Waals surface area contributed by atoms with E-state index in [4.69, 9.17) is 9.47 Å². The summed E-state index contributed by atoms with van der Waals surface area (Å²) >= 11 is -0.926. The SMILES string of the molecule is CCCN(Cc1ccc([S+](C)[O-])cc1)Cc1ccc2c(c1)OCCO2. The van der Waals surface area contributed by atoms with Crippen LogP contribution in [0.5, 0.6) is 11.5 Å². The van der Waals surface area contributed by atoms with Crippen molar-refractivity contribution in [2.75, 3.05) is 26.0 Å². The van der Waals surface area contributed by atoms with Gasteiger partial charge in [-0.25, -0.2) is 0 Å². The molecule has 1 heterocycles. The monoisotopic (exact) mass is 359 g/mol. The molecule has 0 fully saturated rings. The van der Waals surface area contributed by atoms with Crippen LogP contribution >= 0.6 is 0 Å². The van der Waals surface area contributed by atoms with Crippen molar-refractivity contribution in [3.63, 3.8) is 0 Å². The fourth-order valence-electron chi connectivity index (χ4n) is 3.02. The third kappa shape index (κ3) is 4.91. The van der Waals surface area contributed by atoms with Crippen molar-refractivity contribution in [3.05, 3.63) is 53.6 Å². The maximum absolute atomic E-state index is 11.5. The van der Waals surface area contributed by atoms with Gasteiger partial charge < -0.3 is 14.0 Å². The first-order valence-corrected chi connectivity index (χ1v) is 10.2. The number of benzene rings is 2. The van der Waals surface area contributed by atoms with Crippen LogP contribution in [-0.4, -0.2) is 35.5 Å². The number of nitrogens with zero attached hydrogens (tertiary/aromatic N) is 1. The molecule has 0 saturated heterocycles. The number of ether oxygens (including phenoxy) is 2. The first kappa shape index (κ1) is 18.1. The smallest absolute Gasteiger partial charge is 0.161 e. The number of hydrogen-bond acceptors (Lipinski definition) is 4. The van der Waals surface area contributed by atoms with E-state index in [9.17, 15) is 4.55 Å². The van der Waals surface area contributed by atoms with Crippen molar-refractivity contribution < 1.29 is 14.0 Å². The van der Waals surface area contributed by atoms with Crippen molar-refractivity contribution >= 4 is 11.2 Å². The highest BCUT2D eigenvalue weighted by Crippen LogP contribution is 2.31. The summed E-state index contributed by atoms with van der Waals surface area (Å²) in [7, 11) is 0. The van der Waals surface area contributed by atoms with Crippen LogP contribution in [0.25, 0.3) is 0 Å². The first-order chi connectivity index (χ1) is 12.2. The highest BCUT2D eigenvalue weighted by atomic mass is 32.2. The van der Waals surface area contributed by atoms with E-state index in [1.54, 1.807) is 6.26 Å². The molecule has 0 N–H and O–H groups in total. The van der Waals surface area contributed by atoms with Gasteiger partial charge in [0.1, 0.15) is 19.5 Å². The van der Waals surface area contributed by atoms with Crippen molar-refractivity contribution in [2.45, 2.75) is 31.3 Å². The normalized spacial score (nSPS) is 14.6. The number of hydrogen-bond donors (Lipinski definition) is 0. The van der Waals surface area contributed by atoms with Gasteiger partial charge in [-0.2, -0.15) is 0 Å². The number of fused-ring (bicyclic) bond motifs is 1. The molecule has 134 valence electrons. The van der Waals surface area contributed by atoms with Gasteiger partial charge in [-0.15, -0.1) is 0 Å². The van der Waals surface area contributed by atoms with Crippen molar-refractivity contribution in [3.8, 4) is 11.5 Å². The molecule has 0 amide bonds.